The molecular weight excluding hydrogens is 282 g/mol. The number of fused-ring (bicyclic) bond motifs is 1. The van der Waals surface area contributed by atoms with Crippen LogP contribution in [0.1, 0.15) is 5.56 Å². The molecule has 108 valence electrons. The lowest BCUT2D eigenvalue weighted by Crippen LogP contribution is -1.96. The van der Waals surface area contributed by atoms with Gasteiger partial charge in [-0.05, 0) is 29.8 Å². The van der Waals surface area contributed by atoms with Gasteiger partial charge in [-0.1, -0.05) is 24.3 Å². The summed E-state index contributed by atoms with van der Waals surface area (Å²) in [5.41, 5.74) is 3.32. The fourth-order valence-corrected chi connectivity index (χ4v) is 3.09. The molecule has 0 radical (unpaired) electrons. The summed E-state index contributed by atoms with van der Waals surface area (Å²) in [6.07, 6.45) is 1.81. The van der Waals surface area contributed by atoms with E-state index in [0.29, 0.717) is 6.73 Å². The highest BCUT2D eigenvalue weighted by Gasteiger charge is 2.13. The summed E-state index contributed by atoms with van der Waals surface area (Å²) in [5.74, 6) is 1.75. The fraction of sp³-hybridized carbons (Fsp3) is 0.176. The van der Waals surface area contributed by atoms with Crippen LogP contribution in [0.5, 0.6) is 5.75 Å². The molecule has 0 amide bonds. The SMILES string of the molecule is COC=C(CSc1ccccc1)c1ccc2c(c1)OCN2. The molecule has 21 heavy (non-hydrogen) atoms. The van der Waals surface area contributed by atoms with Gasteiger partial charge in [0.1, 0.15) is 5.75 Å². The molecule has 1 aliphatic heterocycles. The van der Waals surface area contributed by atoms with Crippen molar-refractivity contribution in [3.05, 3.63) is 60.4 Å². The average molecular weight is 299 g/mol. The second-order valence-corrected chi connectivity index (χ2v) is 5.71. The molecule has 3 nitrogen and oxygen atoms in total. The number of hydrogen-bond acceptors (Lipinski definition) is 4. The van der Waals surface area contributed by atoms with Gasteiger partial charge < -0.3 is 14.8 Å². The first-order valence-corrected chi connectivity index (χ1v) is 7.76. The molecule has 4 heteroatoms. The zero-order chi connectivity index (χ0) is 14.5. The van der Waals surface area contributed by atoms with Gasteiger partial charge >= 0.3 is 0 Å². The third-order valence-electron chi connectivity index (χ3n) is 3.24. The van der Waals surface area contributed by atoms with Crippen LogP contribution < -0.4 is 10.1 Å². The standard InChI is InChI=1S/C17H17NO2S/c1-19-10-14(11-21-15-5-3-2-4-6-15)13-7-8-16-17(9-13)20-12-18-16/h2-10,18H,11-12H2,1H3. The quantitative estimate of drug-likeness (QED) is 0.661. The van der Waals surface area contributed by atoms with Gasteiger partial charge in [0.05, 0.1) is 19.1 Å². The molecule has 0 atom stereocenters. The highest BCUT2D eigenvalue weighted by molar-refractivity contribution is 7.99. The molecule has 0 fully saturated rings. The van der Waals surface area contributed by atoms with E-state index in [-0.39, 0.29) is 0 Å². The van der Waals surface area contributed by atoms with Crippen molar-refractivity contribution in [3.63, 3.8) is 0 Å². The van der Waals surface area contributed by atoms with E-state index in [0.717, 1.165) is 28.3 Å². The molecule has 2 aromatic rings. The summed E-state index contributed by atoms with van der Waals surface area (Å²) in [6.45, 7) is 0.543. The van der Waals surface area contributed by atoms with E-state index in [4.69, 9.17) is 9.47 Å². The summed E-state index contributed by atoms with van der Waals surface area (Å²) in [6, 6.07) is 16.6. The van der Waals surface area contributed by atoms with Gasteiger partial charge in [0.25, 0.3) is 0 Å². The Morgan fingerprint density at radius 2 is 2.14 bits per heavy atom. The van der Waals surface area contributed by atoms with E-state index < -0.39 is 0 Å². The van der Waals surface area contributed by atoms with Crippen molar-refractivity contribution < 1.29 is 9.47 Å². The summed E-state index contributed by atoms with van der Waals surface area (Å²) in [4.78, 5) is 1.25. The first-order chi connectivity index (χ1) is 10.4. The zero-order valence-electron chi connectivity index (χ0n) is 11.8. The van der Waals surface area contributed by atoms with Crippen LogP contribution >= 0.6 is 11.8 Å². The van der Waals surface area contributed by atoms with Gasteiger partial charge in [-0.2, -0.15) is 0 Å². The van der Waals surface area contributed by atoms with Gasteiger partial charge in [-0.3, -0.25) is 0 Å². The largest absolute Gasteiger partial charge is 0.504 e. The van der Waals surface area contributed by atoms with Crippen molar-refractivity contribution in [1.82, 2.24) is 0 Å². The Morgan fingerprint density at radius 1 is 1.29 bits per heavy atom. The highest BCUT2D eigenvalue weighted by Crippen LogP contribution is 2.33. The number of hydrogen-bond donors (Lipinski definition) is 1. The number of anilines is 1. The second-order valence-electron chi connectivity index (χ2n) is 4.66. The van der Waals surface area contributed by atoms with E-state index in [1.54, 1.807) is 25.1 Å². The van der Waals surface area contributed by atoms with E-state index in [1.165, 1.54) is 4.90 Å². The van der Waals surface area contributed by atoms with Crippen LogP contribution in [-0.4, -0.2) is 19.6 Å². The van der Waals surface area contributed by atoms with Crippen molar-refractivity contribution >= 4 is 23.0 Å². The first kappa shape index (κ1) is 13.9. The average Bonchev–Trinajstić information content (AvgIpc) is 3.00. The normalized spacial score (nSPS) is 13.3. The zero-order valence-corrected chi connectivity index (χ0v) is 12.7. The molecule has 3 rings (SSSR count). The first-order valence-electron chi connectivity index (χ1n) is 6.77. The Balaban J connectivity index is 1.77. The van der Waals surface area contributed by atoms with Gasteiger partial charge in [0.2, 0.25) is 0 Å². The van der Waals surface area contributed by atoms with Crippen molar-refractivity contribution in [2.45, 2.75) is 4.90 Å². The van der Waals surface area contributed by atoms with E-state index in [1.807, 2.05) is 12.1 Å². The summed E-state index contributed by atoms with van der Waals surface area (Å²) < 4.78 is 10.8. The topological polar surface area (TPSA) is 30.5 Å². The van der Waals surface area contributed by atoms with Gasteiger partial charge in [0.15, 0.2) is 6.73 Å². The Bertz CT molecular complexity index is 640. The lowest BCUT2D eigenvalue weighted by Gasteiger charge is -2.09. The molecule has 2 aromatic carbocycles. The summed E-state index contributed by atoms with van der Waals surface area (Å²) in [5, 5.41) is 3.18. The van der Waals surface area contributed by atoms with E-state index >= 15 is 0 Å². The molecule has 1 N–H and O–H groups in total. The third kappa shape index (κ3) is 3.34. The number of nitrogens with one attached hydrogen (secondary N) is 1. The maximum Gasteiger partial charge on any atom is 0.159 e. The Hall–Kier alpha value is -2.07. The Kier molecular flexibility index (Phi) is 4.36. The van der Waals surface area contributed by atoms with Crippen LogP contribution in [0.15, 0.2) is 59.7 Å². The van der Waals surface area contributed by atoms with E-state index in [2.05, 4.69) is 41.7 Å². The molecule has 0 bridgehead atoms. The Morgan fingerprint density at radius 3 is 2.95 bits per heavy atom. The lowest BCUT2D eigenvalue weighted by molar-refractivity contribution is 0.339. The predicted molar refractivity (Wildman–Crippen MR) is 87.7 cm³/mol. The summed E-state index contributed by atoms with van der Waals surface area (Å²) >= 11 is 1.79. The molecule has 0 saturated heterocycles. The molecule has 0 spiro atoms. The predicted octanol–water partition coefficient (Wildman–Crippen LogP) is 4.23. The lowest BCUT2D eigenvalue weighted by atomic mass is 10.1. The molecular formula is C17H17NO2S. The molecule has 1 heterocycles. The number of methoxy groups -OCH3 is 1. The minimum atomic E-state index is 0.543. The number of rotatable bonds is 5. The van der Waals surface area contributed by atoms with Crippen molar-refractivity contribution in [1.29, 1.82) is 0 Å². The number of ether oxygens (including phenoxy) is 2. The van der Waals surface area contributed by atoms with Crippen molar-refractivity contribution in [3.8, 4) is 5.75 Å². The number of thioether (sulfide) groups is 1. The maximum atomic E-state index is 5.54. The highest BCUT2D eigenvalue weighted by atomic mass is 32.2. The molecule has 0 unspecified atom stereocenters. The number of benzene rings is 2. The van der Waals surface area contributed by atoms with Crippen LogP contribution in [0.2, 0.25) is 0 Å². The fourth-order valence-electron chi connectivity index (χ4n) is 2.18. The molecule has 0 aliphatic carbocycles. The molecule has 0 saturated carbocycles. The van der Waals surface area contributed by atoms with Gasteiger partial charge in [-0.25, -0.2) is 0 Å². The third-order valence-corrected chi connectivity index (χ3v) is 4.30. The van der Waals surface area contributed by atoms with Gasteiger partial charge in [-0.15, -0.1) is 11.8 Å². The van der Waals surface area contributed by atoms with Crippen LogP contribution in [0.25, 0.3) is 5.57 Å². The van der Waals surface area contributed by atoms with Gasteiger partial charge in [0, 0.05) is 16.2 Å². The maximum absolute atomic E-state index is 5.54. The van der Waals surface area contributed by atoms with Crippen LogP contribution in [-0.2, 0) is 4.74 Å². The monoisotopic (exact) mass is 299 g/mol. The Labute approximate surface area is 129 Å². The minimum absolute atomic E-state index is 0.543. The minimum Gasteiger partial charge on any atom is -0.504 e. The van der Waals surface area contributed by atoms with Crippen LogP contribution in [0.3, 0.4) is 0 Å². The van der Waals surface area contributed by atoms with Crippen LogP contribution in [0.4, 0.5) is 5.69 Å². The molecule has 1 aliphatic rings. The van der Waals surface area contributed by atoms with Crippen LogP contribution in [0, 0.1) is 0 Å². The van der Waals surface area contributed by atoms with Crippen molar-refractivity contribution in [2.75, 3.05) is 24.9 Å². The smallest absolute Gasteiger partial charge is 0.159 e. The summed E-state index contributed by atoms with van der Waals surface area (Å²) in [7, 11) is 1.68. The second kappa shape index (κ2) is 6.59. The van der Waals surface area contributed by atoms with E-state index in [9.17, 15) is 0 Å². The molecule has 0 aromatic heterocycles. The van der Waals surface area contributed by atoms with Crippen molar-refractivity contribution in [2.24, 2.45) is 0 Å².